The van der Waals surface area contributed by atoms with E-state index in [1.165, 1.54) is 24.1 Å². The smallest absolute Gasteiger partial charge is 0.0405 e. The van der Waals surface area contributed by atoms with Crippen molar-refractivity contribution in [2.75, 3.05) is 18.4 Å². The van der Waals surface area contributed by atoms with Crippen LogP contribution in [0, 0.1) is 13.8 Å². The molecule has 0 unspecified atom stereocenters. The van der Waals surface area contributed by atoms with Crippen molar-refractivity contribution in [3.05, 3.63) is 23.5 Å². The van der Waals surface area contributed by atoms with E-state index in [0.717, 1.165) is 18.8 Å². The first-order valence-electron chi connectivity index (χ1n) is 5.66. The molecule has 2 heterocycles. The Morgan fingerprint density at radius 3 is 2.80 bits per heavy atom. The lowest BCUT2D eigenvalue weighted by Crippen LogP contribution is -2.35. The fourth-order valence-corrected chi connectivity index (χ4v) is 1.97. The molecular weight excluding hydrogens is 186 g/mol. The minimum Gasteiger partial charge on any atom is -0.382 e. The molecule has 1 fully saturated rings. The molecule has 2 rings (SSSR count). The Morgan fingerprint density at radius 2 is 2.07 bits per heavy atom. The lowest BCUT2D eigenvalue weighted by molar-refractivity contribution is 0.479. The maximum absolute atomic E-state index is 4.28. The fourth-order valence-electron chi connectivity index (χ4n) is 1.97. The molecule has 1 saturated heterocycles. The summed E-state index contributed by atoms with van der Waals surface area (Å²) in [6, 6.07) is 2.75. The van der Waals surface area contributed by atoms with Crippen LogP contribution in [0.4, 0.5) is 5.69 Å². The van der Waals surface area contributed by atoms with Crippen molar-refractivity contribution in [2.24, 2.45) is 0 Å². The molecule has 0 atom stereocenters. The van der Waals surface area contributed by atoms with Crippen molar-refractivity contribution in [3.8, 4) is 0 Å². The molecule has 0 spiro atoms. The van der Waals surface area contributed by atoms with Gasteiger partial charge in [0, 0.05) is 23.6 Å². The van der Waals surface area contributed by atoms with E-state index in [2.05, 4.69) is 28.6 Å². The van der Waals surface area contributed by atoms with E-state index in [4.69, 9.17) is 0 Å². The summed E-state index contributed by atoms with van der Waals surface area (Å²) in [6.45, 7) is 6.39. The third-order valence-corrected chi connectivity index (χ3v) is 2.94. The second-order valence-electron chi connectivity index (χ2n) is 4.31. The summed E-state index contributed by atoms with van der Waals surface area (Å²) in [4.78, 5) is 4.28. The molecule has 1 aliphatic heterocycles. The van der Waals surface area contributed by atoms with Gasteiger partial charge in [-0.15, -0.1) is 0 Å². The summed E-state index contributed by atoms with van der Waals surface area (Å²) >= 11 is 0. The van der Waals surface area contributed by atoms with E-state index in [0.29, 0.717) is 6.04 Å². The molecular formula is C12H19N3. The molecule has 0 saturated carbocycles. The van der Waals surface area contributed by atoms with Crippen LogP contribution in [-0.2, 0) is 0 Å². The largest absolute Gasteiger partial charge is 0.382 e. The molecule has 2 N–H and O–H groups in total. The summed E-state index contributed by atoms with van der Waals surface area (Å²) < 4.78 is 0. The first-order valence-corrected chi connectivity index (χ1v) is 5.66. The van der Waals surface area contributed by atoms with Crippen LogP contribution in [0.15, 0.2) is 12.3 Å². The highest BCUT2D eigenvalue weighted by molar-refractivity contribution is 5.51. The maximum atomic E-state index is 4.28. The molecule has 0 aromatic carbocycles. The Balaban J connectivity index is 2.05. The van der Waals surface area contributed by atoms with Gasteiger partial charge >= 0.3 is 0 Å². The molecule has 82 valence electrons. The number of nitrogens with one attached hydrogen (secondary N) is 2. The quantitative estimate of drug-likeness (QED) is 0.774. The molecule has 15 heavy (non-hydrogen) atoms. The van der Waals surface area contributed by atoms with E-state index in [9.17, 15) is 0 Å². The minimum atomic E-state index is 0.617. The highest BCUT2D eigenvalue weighted by atomic mass is 15.0. The summed E-state index contributed by atoms with van der Waals surface area (Å²) in [5, 5.41) is 6.98. The summed E-state index contributed by atoms with van der Waals surface area (Å²) in [7, 11) is 0. The molecule has 3 nitrogen and oxygen atoms in total. The molecule has 1 aliphatic rings. The average molecular weight is 205 g/mol. The van der Waals surface area contributed by atoms with Gasteiger partial charge in [0.1, 0.15) is 0 Å². The molecule has 0 aliphatic carbocycles. The second-order valence-corrected chi connectivity index (χ2v) is 4.31. The fraction of sp³-hybridized carbons (Fsp3) is 0.583. The standard InChI is InChI=1S/C12H19N3/c1-9-8-14-10(2)7-12(9)15-11-3-5-13-6-4-11/h7-8,11,13H,3-6H2,1-2H3,(H,14,15). The van der Waals surface area contributed by atoms with Crippen LogP contribution in [0.5, 0.6) is 0 Å². The highest BCUT2D eigenvalue weighted by Gasteiger charge is 2.13. The van der Waals surface area contributed by atoms with Crippen LogP contribution in [-0.4, -0.2) is 24.1 Å². The Morgan fingerprint density at radius 1 is 1.33 bits per heavy atom. The van der Waals surface area contributed by atoms with E-state index in [1.54, 1.807) is 0 Å². The van der Waals surface area contributed by atoms with Crippen LogP contribution in [0.3, 0.4) is 0 Å². The zero-order valence-corrected chi connectivity index (χ0v) is 9.51. The average Bonchev–Trinajstić information content (AvgIpc) is 2.25. The number of anilines is 1. The van der Waals surface area contributed by atoms with Crippen molar-refractivity contribution in [1.29, 1.82) is 0 Å². The molecule has 1 aromatic heterocycles. The number of rotatable bonds is 2. The van der Waals surface area contributed by atoms with Gasteiger partial charge < -0.3 is 10.6 Å². The minimum absolute atomic E-state index is 0.617. The SMILES string of the molecule is Cc1cc(NC2CCNCC2)c(C)cn1. The number of piperidine rings is 1. The van der Waals surface area contributed by atoms with Gasteiger partial charge in [0.05, 0.1) is 0 Å². The van der Waals surface area contributed by atoms with Gasteiger partial charge in [0.15, 0.2) is 0 Å². The van der Waals surface area contributed by atoms with Crippen molar-refractivity contribution in [1.82, 2.24) is 10.3 Å². The monoisotopic (exact) mass is 205 g/mol. The molecule has 1 aromatic rings. The lowest BCUT2D eigenvalue weighted by Gasteiger charge is -2.25. The van der Waals surface area contributed by atoms with Crippen molar-refractivity contribution in [3.63, 3.8) is 0 Å². The van der Waals surface area contributed by atoms with Gasteiger partial charge in [-0.05, 0) is 51.4 Å². The predicted octanol–water partition coefficient (Wildman–Crippen LogP) is 1.86. The van der Waals surface area contributed by atoms with Crippen LogP contribution in [0.1, 0.15) is 24.1 Å². The molecule has 0 bridgehead atoms. The Hall–Kier alpha value is -1.09. The van der Waals surface area contributed by atoms with Crippen LogP contribution in [0.2, 0.25) is 0 Å². The van der Waals surface area contributed by atoms with E-state index in [1.807, 2.05) is 13.1 Å². The van der Waals surface area contributed by atoms with Crippen molar-refractivity contribution in [2.45, 2.75) is 32.7 Å². The third kappa shape index (κ3) is 2.69. The summed E-state index contributed by atoms with van der Waals surface area (Å²) in [5.41, 5.74) is 3.56. The number of hydrogen-bond acceptors (Lipinski definition) is 3. The second kappa shape index (κ2) is 4.62. The zero-order valence-electron chi connectivity index (χ0n) is 9.51. The topological polar surface area (TPSA) is 37.0 Å². The van der Waals surface area contributed by atoms with Gasteiger partial charge in [0.25, 0.3) is 0 Å². The molecule has 0 amide bonds. The Bertz CT molecular complexity index is 330. The van der Waals surface area contributed by atoms with Crippen LogP contribution in [0.25, 0.3) is 0 Å². The van der Waals surface area contributed by atoms with Crippen LogP contribution < -0.4 is 10.6 Å². The van der Waals surface area contributed by atoms with Gasteiger partial charge in [-0.25, -0.2) is 0 Å². The van der Waals surface area contributed by atoms with E-state index in [-0.39, 0.29) is 0 Å². The summed E-state index contributed by atoms with van der Waals surface area (Å²) in [6.07, 6.45) is 4.36. The maximum Gasteiger partial charge on any atom is 0.0405 e. The van der Waals surface area contributed by atoms with Crippen molar-refractivity contribution >= 4 is 5.69 Å². The number of nitrogens with zero attached hydrogens (tertiary/aromatic N) is 1. The normalized spacial score (nSPS) is 17.7. The predicted molar refractivity (Wildman–Crippen MR) is 63.2 cm³/mol. The number of aromatic nitrogens is 1. The van der Waals surface area contributed by atoms with Crippen molar-refractivity contribution < 1.29 is 0 Å². The third-order valence-electron chi connectivity index (χ3n) is 2.94. The van der Waals surface area contributed by atoms with E-state index >= 15 is 0 Å². The molecule has 0 radical (unpaired) electrons. The first kappa shape index (κ1) is 10.4. The number of aryl methyl sites for hydroxylation is 2. The Kier molecular flexibility index (Phi) is 3.21. The summed E-state index contributed by atoms with van der Waals surface area (Å²) in [5.74, 6) is 0. The highest BCUT2D eigenvalue weighted by Crippen LogP contribution is 2.18. The van der Waals surface area contributed by atoms with Gasteiger partial charge in [0.2, 0.25) is 0 Å². The zero-order chi connectivity index (χ0) is 10.7. The Labute approximate surface area is 91.3 Å². The van der Waals surface area contributed by atoms with Gasteiger partial charge in [-0.2, -0.15) is 0 Å². The van der Waals surface area contributed by atoms with E-state index < -0.39 is 0 Å². The number of pyridine rings is 1. The lowest BCUT2D eigenvalue weighted by atomic mass is 10.1. The van der Waals surface area contributed by atoms with Crippen LogP contribution >= 0.6 is 0 Å². The van der Waals surface area contributed by atoms with Gasteiger partial charge in [-0.1, -0.05) is 0 Å². The van der Waals surface area contributed by atoms with Gasteiger partial charge in [-0.3, -0.25) is 4.98 Å². The number of hydrogen-bond donors (Lipinski definition) is 2. The first-order chi connectivity index (χ1) is 7.25. The molecule has 3 heteroatoms.